The molecular weight excluding hydrogens is 213 g/mol. The van der Waals surface area contributed by atoms with Crippen molar-refractivity contribution in [2.24, 2.45) is 17.6 Å². The van der Waals surface area contributed by atoms with Crippen molar-refractivity contribution in [1.29, 1.82) is 0 Å². The Labute approximate surface area is 103 Å². The zero-order valence-corrected chi connectivity index (χ0v) is 10.7. The second-order valence-electron chi connectivity index (χ2n) is 5.86. The van der Waals surface area contributed by atoms with E-state index < -0.39 is 0 Å². The van der Waals surface area contributed by atoms with Gasteiger partial charge in [0.05, 0.1) is 0 Å². The van der Waals surface area contributed by atoms with Crippen LogP contribution in [0.4, 0.5) is 4.39 Å². The minimum atomic E-state index is -0.176. The van der Waals surface area contributed by atoms with Crippen molar-refractivity contribution in [2.75, 3.05) is 0 Å². The highest BCUT2D eigenvalue weighted by Gasteiger charge is 2.34. The summed E-state index contributed by atoms with van der Waals surface area (Å²) in [6, 6.07) is 6.75. The Kier molecular flexibility index (Phi) is 3.53. The third kappa shape index (κ3) is 3.06. The maximum atomic E-state index is 12.8. The lowest BCUT2D eigenvalue weighted by atomic mass is 9.69. The van der Waals surface area contributed by atoms with Gasteiger partial charge in [0, 0.05) is 5.54 Å². The van der Waals surface area contributed by atoms with Gasteiger partial charge in [0.25, 0.3) is 0 Å². The van der Waals surface area contributed by atoms with Gasteiger partial charge < -0.3 is 5.73 Å². The maximum absolute atomic E-state index is 12.8. The van der Waals surface area contributed by atoms with Crippen LogP contribution in [0.3, 0.4) is 0 Å². The average Bonchev–Trinajstić information content (AvgIpc) is 2.28. The summed E-state index contributed by atoms with van der Waals surface area (Å²) in [4.78, 5) is 0. The van der Waals surface area contributed by atoms with Crippen LogP contribution >= 0.6 is 0 Å². The number of hydrogen-bond donors (Lipinski definition) is 1. The van der Waals surface area contributed by atoms with E-state index in [1.165, 1.54) is 18.6 Å². The fraction of sp³-hybridized carbons (Fsp3) is 0.600. The van der Waals surface area contributed by atoms with E-state index in [4.69, 9.17) is 5.73 Å². The van der Waals surface area contributed by atoms with Crippen molar-refractivity contribution in [3.8, 4) is 0 Å². The van der Waals surface area contributed by atoms with Gasteiger partial charge in [-0.15, -0.1) is 0 Å². The molecule has 0 spiro atoms. The van der Waals surface area contributed by atoms with E-state index in [0.29, 0.717) is 5.92 Å². The van der Waals surface area contributed by atoms with Crippen LogP contribution in [0.1, 0.15) is 38.7 Å². The summed E-state index contributed by atoms with van der Waals surface area (Å²) in [5, 5.41) is 0. The third-order valence-electron chi connectivity index (χ3n) is 4.27. The molecule has 0 saturated heterocycles. The topological polar surface area (TPSA) is 26.0 Å². The first-order valence-electron chi connectivity index (χ1n) is 6.52. The SMILES string of the molecule is CC1CCC(N)(Cc2ccc(F)cc2)CC1C. The molecule has 2 rings (SSSR count). The summed E-state index contributed by atoms with van der Waals surface area (Å²) >= 11 is 0. The molecule has 0 aliphatic heterocycles. The van der Waals surface area contributed by atoms with Gasteiger partial charge in [-0.3, -0.25) is 0 Å². The van der Waals surface area contributed by atoms with Crippen LogP contribution in [0, 0.1) is 17.7 Å². The molecule has 94 valence electrons. The Morgan fingerprint density at radius 1 is 1.24 bits per heavy atom. The summed E-state index contributed by atoms with van der Waals surface area (Å²) in [5.41, 5.74) is 7.54. The highest BCUT2D eigenvalue weighted by molar-refractivity contribution is 5.19. The molecular formula is C15H22FN. The molecule has 1 aliphatic rings. The normalized spacial score (nSPS) is 33.6. The van der Waals surface area contributed by atoms with Crippen LogP contribution in [0.5, 0.6) is 0 Å². The number of halogens is 1. The molecule has 0 heterocycles. The highest BCUT2D eigenvalue weighted by Crippen LogP contribution is 2.36. The van der Waals surface area contributed by atoms with E-state index in [-0.39, 0.29) is 11.4 Å². The van der Waals surface area contributed by atoms with E-state index in [9.17, 15) is 4.39 Å². The molecule has 0 aromatic heterocycles. The molecule has 0 radical (unpaired) electrons. The second-order valence-corrected chi connectivity index (χ2v) is 5.86. The number of nitrogens with two attached hydrogens (primary N) is 1. The van der Waals surface area contributed by atoms with Crippen LogP contribution in [-0.2, 0) is 6.42 Å². The summed E-state index contributed by atoms with van der Waals surface area (Å²) in [6.45, 7) is 4.60. The predicted molar refractivity (Wildman–Crippen MR) is 69.2 cm³/mol. The smallest absolute Gasteiger partial charge is 0.123 e. The average molecular weight is 235 g/mol. The van der Waals surface area contributed by atoms with Crippen LogP contribution in [0.15, 0.2) is 24.3 Å². The Morgan fingerprint density at radius 3 is 2.47 bits per heavy atom. The third-order valence-corrected chi connectivity index (χ3v) is 4.27. The van der Waals surface area contributed by atoms with E-state index in [0.717, 1.165) is 30.7 Å². The van der Waals surface area contributed by atoms with Gasteiger partial charge in [-0.05, 0) is 55.2 Å². The molecule has 17 heavy (non-hydrogen) atoms. The molecule has 1 saturated carbocycles. The molecule has 1 nitrogen and oxygen atoms in total. The fourth-order valence-electron chi connectivity index (χ4n) is 2.91. The zero-order chi connectivity index (χ0) is 12.5. The highest BCUT2D eigenvalue weighted by atomic mass is 19.1. The molecule has 1 aromatic carbocycles. The molecule has 0 bridgehead atoms. The standard InChI is InChI=1S/C15H22FN/c1-11-7-8-15(17,9-12(11)2)10-13-3-5-14(16)6-4-13/h3-6,11-12H,7-10,17H2,1-2H3. The van der Waals surface area contributed by atoms with Gasteiger partial charge in [-0.1, -0.05) is 26.0 Å². The first-order valence-corrected chi connectivity index (χ1v) is 6.52. The zero-order valence-electron chi connectivity index (χ0n) is 10.7. The van der Waals surface area contributed by atoms with Crippen molar-refractivity contribution in [2.45, 2.75) is 45.1 Å². The Hall–Kier alpha value is -0.890. The lowest BCUT2D eigenvalue weighted by molar-refractivity contribution is 0.176. The number of benzene rings is 1. The predicted octanol–water partition coefficient (Wildman–Crippen LogP) is 3.52. The minimum Gasteiger partial charge on any atom is -0.325 e. The van der Waals surface area contributed by atoms with Gasteiger partial charge >= 0.3 is 0 Å². The van der Waals surface area contributed by atoms with Gasteiger partial charge in [0.15, 0.2) is 0 Å². The Morgan fingerprint density at radius 2 is 1.88 bits per heavy atom. The van der Waals surface area contributed by atoms with Crippen LogP contribution in [0.25, 0.3) is 0 Å². The molecule has 2 heteroatoms. The van der Waals surface area contributed by atoms with Gasteiger partial charge in [-0.25, -0.2) is 4.39 Å². The van der Waals surface area contributed by atoms with E-state index in [1.54, 1.807) is 0 Å². The van der Waals surface area contributed by atoms with Crippen LogP contribution in [0.2, 0.25) is 0 Å². The van der Waals surface area contributed by atoms with Gasteiger partial charge in [0.2, 0.25) is 0 Å². The molecule has 0 amide bonds. The van der Waals surface area contributed by atoms with Crippen molar-refractivity contribution in [3.63, 3.8) is 0 Å². The lowest BCUT2D eigenvalue weighted by Gasteiger charge is -2.40. The molecule has 1 aliphatic carbocycles. The Bertz CT molecular complexity index is 373. The van der Waals surface area contributed by atoms with Crippen LogP contribution in [-0.4, -0.2) is 5.54 Å². The first-order chi connectivity index (χ1) is 7.98. The van der Waals surface area contributed by atoms with Crippen molar-refractivity contribution < 1.29 is 4.39 Å². The molecule has 1 fully saturated rings. The van der Waals surface area contributed by atoms with Gasteiger partial charge in [0.1, 0.15) is 5.82 Å². The second kappa shape index (κ2) is 4.77. The summed E-state index contributed by atoms with van der Waals surface area (Å²) < 4.78 is 12.8. The largest absolute Gasteiger partial charge is 0.325 e. The van der Waals surface area contributed by atoms with Crippen LogP contribution < -0.4 is 5.73 Å². The molecule has 2 N–H and O–H groups in total. The quantitative estimate of drug-likeness (QED) is 0.834. The molecule has 1 aromatic rings. The molecule has 3 atom stereocenters. The first kappa shape index (κ1) is 12.6. The maximum Gasteiger partial charge on any atom is 0.123 e. The Balaban J connectivity index is 2.05. The summed E-state index contributed by atoms with van der Waals surface area (Å²) in [7, 11) is 0. The lowest BCUT2D eigenvalue weighted by Crippen LogP contribution is -2.47. The fourth-order valence-corrected chi connectivity index (χ4v) is 2.91. The van der Waals surface area contributed by atoms with E-state index in [2.05, 4.69) is 13.8 Å². The minimum absolute atomic E-state index is 0.0935. The number of hydrogen-bond acceptors (Lipinski definition) is 1. The van der Waals surface area contributed by atoms with E-state index >= 15 is 0 Å². The molecule has 3 unspecified atom stereocenters. The number of rotatable bonds is 2. The van der Waals surface area contributed by atoms with Gasteiger partial charge in [-0.2, -0.15) is 0 Å². The van der Waals surface area contributed by atoms with E-state index in [1.807, 2.05) is 12.1 Å². The van der Waals surface area contributed by atoms with Crippen molar-refractivity contribution in [3.05, 3.63) is 35.6 Å². The summed E-state index contributed by atoms with van der Waals surface area (Å²) in [6.07, 6.45) is 4.23. The van der Waals surface area contributed by atoms with Crippen molar-refractivity contribution >= 4 is 0 Å². The monoisotopic (exact) mass is 235 g/mol. The summed E-state index contributed by atoms with van der Waals surface area (Å²) in [5.74, 6) is 1.29. The van der Waals surface area contributed by atoms with Crippen molar-refractivity contribution in [1.82, 2.24) is 0 Å².